The second-order valence-corrected chi connectivity index (χ2v) is 5.29. The van der Waals surface area contributed by atoms with Gasteiger partial charge >= 0.3 is 0 Å². The molecule has 0 aliphatic rings. The lowest BCUT2D eigenvalue weighted by atomic mass is 10.0. The van der Waals surface area contributed by atoms with Crippen LogP contribution in [0.2, 0.25) is 5.02 Å². The molecule has 0 unspecified atom stereocenters. The van der Waals surface area contributed by atoms with Crippen molar-refractivity contribution in [2.24, 2.45) is 0 Å². The molecule has 0 aliphatic heterocycles. The maximum Gasteiger partial charge on any atom is 0.195 e. The Kier molecular flexibility index (Phi) is 3.43. The molecule has 3 aromatic rings. The van der Waals surface area contributed by atoms with Crippen LogP contribution in [0.25, 0.3) is 10.9 Å². The molecule has 0 atom stereocenters. The molecule has 1 N–H and O–H groups in total. The van der Waals surface area contributed by atoms with Gasteiger partial charge in [-0.2, -0.15) is 0 Å². The summed E-state index contributed by atoms with van der Waals surface area (Å²) in [5.41, 5.74) is 3.00. The Labute approximate surface area is 127 Å². The first-order chi connectivity index (χ1) is 10.1. The number of hydrogen-bond acceptors (Lipinski definition) is 2. The average molecular weight is 300 g/mol. The van der Waals surface area contributed by atoms with Crippen molar-refractivity contribution in [2.45, 2.75) is 6.92 Å². The Morgan fingerprint density at radius 1 is 1.24 bits per heavy atom. The second kappa shape index (κ2) is 5.26. The molecular weight excluding hydrogens is 286 g/mol. The molecule has 0 fully saturated rings. The minimum atomic E-state index is -0.0762. The van der Waals surface area contributed by atoms with E-state index in [4.69, 9.17) is 16.3 Å². The number of hydrogen-bond donors (Lipinski definition) is 1. The lowest BCUT2D eigenvalue weighted by Gasteiger charge is -2.07. The topological polar surface area (TPSA) is 42.1 Å². The van der Waals surface area contributed by atoms with Crippen LogP contribution in [0.4, 0.5) is 0 Å². The number of nitrogens with one attached hydrogen (secondary N) is 1. The van der Waals surface area contributed by atoms with Crippen molar-refractivity contribution in [3.05, 3.63) is 64.3 Å². The highest BCUT2D eigenvalue weighted by Crippen LogP contribution is 2.29. The van der Waals surface area contributed by atoms with E-state index >= 15 is 0 Å². The highest BCUT2D eigenvalue weighted by atomic mass is 35.5. The molecule has 0 bridgehead atoms. The first-order valence-corrected chi connectivity index (χ1v) is 6.94. The Bertz CT molecular complexity index is 836. The molecule has 3 rings (SSSR count). The third kappa shape index (κ3) is 2.30. The van der Waals surface area contributed by atoms with Crippen molar-refractivity contribution < 1.29 is 9.53 Å². The first-order valence-electron chi connectivity index (χ1n) is 6.56. The summed E-state index contributed by atoms with van der Waals surface area (Å²) in [6.07, 6.45) is 1.70. The normalized spacial score (nSPS) is 10.8. The van der Waals surface area contributed by atoms with Gasteiger partial charge in [0.2, 0.25) is 0 Å². The number of aromatic amines is 1. The van der Waals surface area contributed by atoms with Gasteiger partial charge in [-0.05, 0) is 30.7 Å². The third-order valence-corrected chi connectivity index (χ3v) is 3.88. The third-order valence-electron chi connectivity index (χ3n) is 3.57. The van der Waals surface area contributed by atoms with Crippen molar-refractivity contribution >= 4 is 28.3 Å². The minimum Gasteiger partial charge on any atom is -0.496 e. The fraction of sp³-hybridized carbons (Fsp3) is 0.118. The predicted octanol–water partition coefficient (Wildman–Crippen LogP) is 4.37. The molecule has 106 valence electrons. The van der Waals surface area contributed by atoms with E-state index in [0.29, 0.717) is 21.9 Å². The molecule has 1 aromatic heterocycles. The zero-order valence-corrected chi connectivity index (χ0v) is 12.5. The minimum absolute atomic E-state index is 0.0762. The van der Waals surface area contributed by atoms with Gasteiger partial charge in [0.25, 0.3) is 0 Å². The van der Waals surface area contributed by atoms with E-state index in [-0.39, 0.29) is 5.78 Å². The Morgan fingerprint density at radius 3 is 2.81 bits per heavy atom. The first kappa shape index (κ1) is 13.7. The summed E-state index contributed by atoms with van der Waals surface area (Å²) < 4.78 is 5.28. The monoisotopic (exact) mass is 299 g/mol. The Hall–Kier alpha value is -2.26. The average Bonchev–Trinajstić information content (AvgIpc) is 2.92. The zero-order chi connectivity index (χ0) is 15.0. The number of aryl methyl sites for hydroxylation is 1. The number of halogens is 1. The summed E-state index contributed by atoms with van der Waals surface area (Å²) in [6, 6.07) is 11.0. The molecule has 2 aromatic carbocycles. The lowest BCUT2D eigenvalue weighted by Crippen LogP contribution is -2.01. The van der Waals surface area contributed by atoms with E-state index in [1.165, 1.54) is 0 Å². The van der Waals surface area contributed by atoms with Crippen molar-refractivity contribution in [2.75, 3.05) is 7.11 Å². The van der Waals surface area contributed by atoms with Gasteiger partial charge in [-0.3, -0.25) is 4.79 Å². The molecule has 1 heterocycles. The predicted molar refractivity (Wildman–Crippen MR) is 84.5 cm³/mol. The van der Waals surface area contributed by atoms with Gasteiger partial charge in [0.15, 0.2) is 5.78 Å². The van der Waals surface area contributed by atoms with Crippen molar-refractivity contribution in [3.8, 4) is 5.75 Å². The van der Waals surface area contributed by atoms with Gasteiger partial charge in [-0.15, -0.1) is 0 Å². The highest BCUT2D eigenvalue weighted by Gasteiger charge is 2.17. The van der Waals surface area contributed by atoms with Gasteiger partial charge in [0, 0.05) is 28.2 Å². The van der Waals surface area contributed by atoms with E-state index in [9.17, 15) is 4.79 Å². The van der Waals surface area contributed by atoms with E-state index < -0.39 is 0 Å². The summed E-state index contributed by atoms with van der Waals surface area (Å²) in [5.74, 6) is 0.624. The van der Waals surface area contributed by atoms with Crippen LogP contribution in [0.15, 0.2) is 42.6 Å². The number of methoxy groups -OCH3 is 1. The van der Waals surface area contributed by atoms with Crippen LogP contribution in [0.1, 0.15) is 21.5 Å². The van der Waals surface area contributed by atoms with E-state index in [0.717, 1.165) is 16.5 Å². The SMILES string of the molecule is COc1cc(C(=O)c2c[nH]c3cccc(Cl)c23)ccc1C. The number of rotatable bonds is 3. The largest absolute Gasteiger partial charge is 0.496 e. The van der Waals surface area contributed by atoms with E-state index in [1.807, 2.05) is 25.1 Å². The van der Waals surface area contributed by atoms with Crippen LogP contribution < -0.4 is 4.74 Å². The summed E-state index contributed by atoms with van der Waals surface area (Å²) in [5, 5.41) is 1.32. The number of benzene rings is 2. The molecule has 0 saturated carbocycles. The van der Waals surface area contributed by atoms with Crippen LogP contribution >= 0.6 is 11.6 Å². The second-order valence-electron chi connectivity index (χ2n) is 4.88. The zero-order valence-electron chi connectivity index (χ0n) is 11.7. The molecule has 4 heteroatoms. The molecule has 0 aliphatic carbocycles. The van der Waals surface area contributed by atoms with Crippen molar-refractivity contribution in [1.82, 2.24) is 4.98 Å². The van der Waals surface area contributed by atoms with Gasteiger partial charge in [0.05, 0.1) is 12.1 Å². The Balaban J connectivity index is 2.13. The molecule has 3 nitrogen and oxygen atoms in total. The number of aromatic nitrogens is 1. The van der Waals surface area contributed by atoms with Crippen LogP contribution in [-0.2, 0) is 0 Å². The molecule has 0 spiro atoms. The molecule has 0 saturated heterocycles. The summed E-state index contributed by atoms with van der Waals surface area (Å²) in [6.45, 7) is 1.94. The van der Waals surface area contributed by atoms with E-state index in [1.54, 1.807) is 31.5 Å². The quantitative estimate of drug-likeness (QED) is 0.730. The number of ether oxygens (including phenoxy) is 1. The van der Waals surface area contributed by atoms with Crippen LogP contribution in [-0.4, -0.2) is 17.9 Å². The number of carbonyl (C=O) groups excluding carboxylic acids is 1. The maximum absolute atomic E-state index is 12.7. The van der Waals surface area contributed by atoms with Crippen molar-refractivity contribution in [1.29, 1.82) is 0 Å². The van der Waals surface area contributed by atoms with Gasteiger partial charge in [-0.25, -0.2) is 0 Å². The van der Waals surface area contributed by atoms with Crippen LogP contribution in [0, 0.1) is 6.92 Å². The summed E-state index contributed by atoms with van der Waals surface area (Å²) in [4.78, 5) is 15.8. The fourth-order valence-corrected chi connectivity index (χ4v) is 2.71. The smallest absolute Gasteiger partial charge is 0.195 e. The van der Waals surface area contributed by atoms with E-state index in [2.05, 4.69) is 4.98 Å². The number of fused-ring (bicyclic) bond motifs is 1. The molecule has 0 radical (unpaired) electrons. The fourth-order valence-electron chi connectivity index (χ4n) is 2.44. The molecule has 21 heavy (non-hydrogen) atoms. The summed E-state index contributed by atoms with van der Waals surface area (Å²) in [7, 11) is 1.60. The molecule has 0 amide bonds. The Morgan fingerprint density at radius 2 is 2.05 bits per heavy atom. The molecular formula is C17H14ClNO2. The van der Waals surface area contributed by atoms with Gasteiger partial charge in [-0.1, -0.05) is 29.8 Å². The van der Waals surface area contributed by atoms with Gasteiger partial charge in [0.1, 0.15) is 5.75 Å². The van der Waals surface area contributed by atoms with Gasteiger partial charge < -0.3 is 9.72 Å². The number of H-pyrrole nitrogens is 1. The highest BCUT2D eigenvalue weighted by molar-refractivity contribution is 6.37. The van der Waals surface area contributed by atoms with Crippen LogP contribution in [0.3, 0.4) is 0 Å². The van der Waals surface area contributed by atoms with Crippen LogP contribution in [0.5, 0.6) is 5.75 Å². The lowest BCUT2D eigenvalue weighted by molar-refractivity contribution is 0.104. The van der Waals surface area contributed by atoms with Crippen molar-refractivity contribution in [3.63, 3.8) is 0 Å². The standard InChI is InChI=1S/C17H14ClNO2/c1-10-6-7-11(8-15(10)21-2)17(20)12-9-19-14-5-3-4-13(18)16(12)14/h3-9,19H,1-2H3. The maximum atomic E-state index is 12.7. The number of carbonyl (C=O) groups is 1. The number of ketones is 1. The summed E-state index contributed by atoms with van der Waals surface area (Å²) >= 11 is 6.22.